The monoisotopic (exact) mass is 293 g/mol. The minimum atomic E-state index is -0.786. The second kappa shape index (κ2) is 7.31. The maximum atomic E-state index is 12.9. The molecule has 1 aliphatic rings. The molecular formula is C16H20FNO3. The highest BCUT2D eigenvalue weighted by atomic mass is 19.1. The summed E-state index contributed by atoms with van der Waals surface area (Å²) in [6.45, 7) is 2.28. The molecule has 21 heavy (non-hydrogen) atoms. The number of carbonyl (C=O) groups is 2. The van der Waals surface area contributed by atoms with Gasteiger partial charge in [-0.25, -0.2) is 4.39 Å². The van der Waals surface area contributed by atoms with Crippen LogP contribution in [-0.2, 0) is 4.79 Å². The first-order valence-corrected chi connectivity index (χ1v) is 7.30. The zero-order valence-corrected chi connectivity index (χ0v) is 11.9. The summed E-state index contributed by atoms with van der Waals surface area (Å²) >= 11 is 0. The molecule has 0 amide bonds. The molecule has 0 spiro atoms. The first-order valence-electron chi connectivity index (χ1n) is 7.30. The van der Waals surface area contributed by atoms with Crippen molar-refractivity contribution in [3.63, 3.8) is 0 Å². The van der Waals surface area contributed by atoms with Gasteiger partial charge in [-0.1, -0.05) is 0 Å². The number of Topliss-reactive ketones (excluding diaryl/α,β-unsaturated/α-hetero) is 1. The van der Waals surface area contributed by atoms with Gasteiger partial charge in [-0.2, -0.15) is 0 Å². The Balaban J connectivity index is 1.89. The Kier molecular flexibility index (Phi) is 5.44. The summed E-state index contributed by atoms with van der Waals surface area (Å²) in [5, 5.41) is 8.65. The molecule has 1 atom stereocenters. The van der Waals surface area contributed by atoms with Crippen LogP contribution < -0.4 is 0 Å². The number of aliphatic carboxylic acids is 1. The van der Waals surface area contributed by atoms with E-state index in [2.05, 4.69) is 4.90 Å². The SMILES string of the molecule is O=C(O)CCCN1CCC[C@H](C(=O)c2ccc(F)cc2)C1. The smallest absolute Gasteiger partial charge is 0.303 e. The predicted molar refractivity (Wildman–Crippen MR) is 76.8 cm³/mol. The molecule has 1 aromatic carbocycles. The molecule has 1 saturated heterocycles. The summed E-state index contributed by atoms with van der Waals surface area (Å²) in [7, 11) is 0. The second-order valence-electron chi connectivity index (χ2n) is 5.51. The first kappa shape index (κ1) is 15.6. The molecule has 1 fully saturated rings. The maximum Gasteiger partial charge on any atom is 0.303 e. The minimum absolute atomic E-state index is 0.0536. The van der Waals surface area contributed by atoms with Gasteiger partial charge in [-0.3, -0.25) is 9.59 Å². The van der Waals surface area contributed by atoms with Crippen LogP contribution in [0.25, 0.3) is 0 Å². The summed E-state index contributed by atoms with van der Waals surface area (Å²) in [5.74, 6) is -1.15. The Morgan fingerprint density at radius 1 is 1.29 bits per heavy atom. The van der Waals surface area contributed by atoms with Gasteiger partial charge in [0.15, 0.2) is 5.78 Å². The molecule has 1 aromatic rings. The van der Waals surface area contributed by atoms with E-state index in [0.29, 0.717) is 25.1 Å². The van der Waals surface area contributed by atoms with E-state index in [1.54, 1.807) is 0 Å². The molecule has 4 nitrogen and oxygen atoms in total. The normalized spacial score (nSPS) is 19.4. The van der Waals surface area contributed by atoms with Crippen LogP contribution in [0.15, 0.2) is 24.3 Å². The molecule has 5 heteroatoms. The molecule has 0 bridgehead atoms. The highest BCUT2D eigenvalue weighted by molar-refractivity contribution is 5.98. The van der Waals surface area contributed by atoms with Crippen molar-refractivity contribution >= 4 is 11.8 Å². The number of likely N-dealkylation sites (tertiary alicyclic amines) is 1. The number of rotatable bonds is 6. The van der Waals surface area contributed by atoms with E-state index in [4.69, 9.17) is 5.11 Å². The average molecular weight is 293 g/mol. The van der Waals surface area contributed by atoms with Crippen molar-refractivity contribution in [3.8, 4) is 0 Å². The van der Waals surface area contributed by atoms with E-state index >= 15 is 0 Å². The van der Waals surface area contributed by atoms with E-state index in [9.17, 15) is 14.0 Å². The fraction of sp³-hybridized carbons (Fsp3) is 0.500. The number of halogens is 1. The number of piperidine rings is 1. The van der Waals surface area contributed by atoms with Crippen molar-refractivity contribution in [2.75, 3.05) is 19.6 Å². The summed E-state index contributed by atoms with van der Waals surface area (Å²) < 4.78 is 12.9. The predicted octanol–water partition coefficient (Wildman–Crippen LogP) is 2.59. The van der Waals surface area contributed by atoms with Crippen molar-refractivity contribution < 1.29 is 19.1 Å². The van der Waals surface area contributed by atoms with Gasteiger partial charge in [-0.05, 0) is 56.6 Å². The largest absolute Gasteiger partial charge is 0.481 e. The number of ketones is 1. The van der Waals surface area contributed by atoms with Gasteiger partial charge in [0.05, 0.1) is 0 Å². The summed E-state index contributed by atoms with van der Waals surface area (Å²) in [6, 6.07) is 5.67. The van der Waals surface area contributed by atoms with Gasteiger partial charge in [-0.15, -0.1) is 0 Å². The van der Waals surface area contributed by atoms with Crippen molar-refractivity contribution in [1.82, 2.24) is 4.90 Å². The van der Waals surface area contributed by atoms with Gasteiger partial charge < -0.3 is 10.0 Å². The lowest BCUT2D eigenvalue weighted by Gasteiger charge is -2.31. The molecule has 1 N–H and O–H groups in total. The van der Waals surface area contributed by atoms with Gasteiger partial charge in [0, 0.05) is 24.4 Å². The molecule has 1 heterocycles. The number of benzene rings is 1. The minimum Gasteiger partial charge on any atom is -0.481 e. The zero-order chi connectivity index (χ0) is 15.2. The number of hydrogen-bond donors (Lipinski definition) is 1. The highest BCUT2D eigenvalue weighted by Crippen LogP contribution is 2.21. The number of hydrogen-bond acceptors (Lipinski definition) is 3. The highest BCUT2D eigenvalue weighted by Gasteiger charge is 2.26. The van der Waals surface area contributed by atoms with E-state index < -0.39 is 5.97 Å². The molecule has 1 aliphatic heterocycles. The van der Waals surface area contributed by atoms with Crippen molar-refractivity contribution in [2.24, 2.45) is 5.92 Å². The fourth-order valence-corrected chi connectivity index (χ4v) is 2.78. The van der Waals surface area contributed by atoms with Crippen molar-refractivity contribution in [1.29, 1.82) is 0 Å². The second-order valence-corrected chi connectivity index (χ2v) is 5.51. The third-order valence-electron chi connectivity index (χ3n) is 3.87. The third kappa shape index (κ3) is 4.63. The average Bonchev–Trinajstić information content (AvgIpc) is 2.47. The topological polar surface area (TPSA) is 57.6 Å². The van der Waals surface area contributed by atoms with E-state index in [0.717, 1.165) is 19.4 Å². The van der Waals surface area contributed by atoms with Gasteiger partial charge in [0.1, 0.15) is 5.82 Å². The lowest BCUT2D eigenvalue weighted by atomic mass is 9.90. The van der Waals surface area contributed by atoms with E-state index in [1.807, 2.05) is 0 Å². The molecular weight excluding hydrogens is 273 g/mol. The third-order valence-corrected chi connectivity index (χ3v) is 3.87. The summed E-state index contributed by atoms with van der Waals surface area (Å²) in [6.07, 6.45) is 2.54. The van der Waals surface area contributed by atoms with Crippen LogP contribution in [0.3, 0.4) is 0 Å². The molecule has 0 radical (unpaired) electrons. The molecule has 2 rings (SSSR count). The first-order chi connectivity index (χ1) is 10.1. The number of carbonyl (C=O) groups excluding carboxylic acids is 1. The zero-order valence-electron chi connectivity index (χ0n) is 11.9. The van der Waals surface area contributed by atoms with Crippen LogP contribution in [0.5, 0.6) is 0 Å². The molecule has 0 aliphatic carbocycles. The van der Waals surface area contributed by atoms with Crippen molar-refractivity contribution in [3.05, 3.63) is 35.6 Å². The quantitative estimate of drug-likeness (QED) is 0.819. The molecule has 0 aromatic heterocycles. The van der Waals surface area contributed by atoms with E-state index in [1.165, 1.54) is 24.3 Å². The Bertz CT molecular complexity index is 501. The molecule has 0 unspecified atom stereocenters. The van der Waals surface area contributed by atoms with Crippen LogP contribution in [0.4, 0.5) is 4.39 Å². The summed E-state index contributed by atoms with van der Waals surface area (Å²) in [4.78, 5) is 25.1. The Labute approximate surface area is 123 Å². The number of carboxylic acid groups (broad SMARTS) is 1. The lowest BCUT2D eigenvalue weighted by molar-refractivity contribution is -0.137. The van der Waals surface area contributed by atoms with Crippen LogP contribution >= 0.6 is 0 Å². The van der Waals surface area contributed by atoms with E-state index in [-0.39, 0.29) is 23.9 Å². The number of carboxylic acids is 1. The number of nitrogens with zero attached hydrogens (tertiary/aromatic N) is 1. The standard InChI is InChI=1S/C16H20FNO3/c17-14-7-5-12(6-8-14)16(21)13-3-1-9-18(11-13)10-2-4-15(19)20/h5-8,13H,1-4,9-11H2,(H,19,20)/t13-/m0/s1. The Morgan fingerprint density at radius 3 is 2.67 bits per heavy atom. The van der Waals surface area contributed by atoms with Crippen LogP contribution in [-0.4, -0.2) is 41.4 Å². The maximum absolute atomic E-state index is 12.9. The lowest BCUT2D eigenvalue weighted by Crippen LogP contribution is -2.39. The molecule has 114 valence electrons. The van der Waals surface area contributed by atoms with Crippen LogP contribution in [0.2, 0.25) is 0 Å². The fourth-order valence-electron chi connectivity index (χ4n) is 2.78. The Morgan fingerprint density at radius 2 is 2.00 bits per heavy atom. The van der Waals surface area contributed by atoms with Gasteiger partial charge in [0.25, 0.3) is 0 Å². The van der Waals surface area contributed by atoms with Crippen LogP contribution in [0, 0.1) is 11.7 Å². The van der Waals surface area contributed by atoms with Gasteiger partial charge >= 0.3 is 5.97 Å². The van der Waals surface area contributed by atoms with Gasteiger partial charge in [0.2, 0.25) is 0 Å². The molecule has 0 saturated carbocycles. The summed E-state index contributed by atoms with van der Waals surface area (Å²) in [5.41, 5.74) is 0.550. The van der Waals surface area contributed by atoms with Crippen molar-refractivity contribution in [2.45, 2.75) is 25.7 Å². The van der Waals surface area contributed by atoms with Crippen LogP contribution in [0.1, 0.15) is 36.0 Å². The Hall–Kier alpha value is -1.75.